The maximum Gasteiger partial charge on any atom is 0.297 e. The fourth-order valence-electron chi connectivity index (χ4n) is 4.27. The molecule has 0 aliphatic rings. The van der Waals surface area contributed by atoms with E-state index in [0.29, 0.717) is 6.07 Å². The van der Waals surface area contributed by atoms with E-state index in [-0.39, 0.29) is 16.9 Å². The minimum Gasteiger partial charge on any atom is -0.399 e. The fraction of sp³-hybridized carbons (Fsp3) is 0. The molecular weight excluding hydrogens is 657 g/mol. The average Bonchev–Trinajstić information content (AvgIpc) is 2.94. The SMILES string of the molecule is NC(=C(N)c1cc(S(=O)(=O)c2cccc(N)c2)c(S(=O)(=O)c2cccc(N)c2)c(S(=O)(=O)O)c1S(=O)(=O)O)c1ccccc1. The Morgan fingerprint density at radius 3 is 1.45 bits per heavy atom. The van der Waals surface area contributed by atoms with Crippen molar-refractivity contribution < 1.29 is 42.8 Å². The lowest BCUT2D eigenvalue weighted by Crippen LogP contribution is -2.22. The van der Waals surface area contributed by atoms with E-state index in [4.69, 9.17) is 22.9 Å². The zero-order valence-corrected chi connectivity index (χ0v) is 25.5. The van der Waals surface area contributed by atoms with E-state index in [1.807, 2.05) is 0 Å². The third kappa shape index (κ3) is 5.98. The maximum absolute atomic E-state index is 14.1. The largest absolute Gasteiger partial charge is 0.399 e. The van der Waals surface area contributed by atoms with Gasteiger partial charge in [0.1, 0.15) is 14.7 Å². The number of benzene rings is 4. The van der Waals surface area contributed by atoms with Gasteiger partial charge in [0, 0.05) is 16.9 Å². The van der Waals surface area contributed by atoms with Crippen LogP contribution >= 0.6 is 0 Å². The molecule has 4 rings (SSSR count). The Balaban J connectivity index is 2.38. The van der Waals surface area contributed by atoms with Gasteiger partial charge >= 0.3 is 0 Å². The fourth-order valence-corrected chi connectivity index (χ4v) is 10.7. The normalized spacial score (nSPS) is 13.3. The zero-order valence-electron chi connectivity index (χ0n) is 22.2. The van der Waals surface area contributed by atoms with E-state index < -0.39 is 86.2 Å². The Labute approximate surface area is 253 Å². The monoisotopic (exact) mass is 680 g/mol. The summed E-state index contributed by atoms with van der Waals surface area (Å²) in [7, 11) is -22.4. The van der Waals surface area contributed by atoms with Gasteiger partial charge in [-0.2, -0.15) is 16.8 Å². The van der Waals surface area contributed by atoms with Crippen LogP contribution < -0.4 is 22.9 Å². The zero-order chi connectivity index (χ0) is 32.8. The van der Waals surface area contributed by atoms with Crippen molar-refractivity contribution in [1.82, 2.24) is 0 Å². The molecule has 0 saturated heterocycles. The van der Waals surface area contributed by atoms with Crippen LogP contribution in [0.1, 0.15) is 11.1 Å². The predicted molar refractivity (Wildman–Crippen MR) is 160 cm³/mol. The number of anilines is 2. The Morgan fingerprint density at radius 1 is 0.523 bits per heavy atom. The van der Waals surface area contributed by atoms with Crippen LogP contribution in [0.5, 0.6) is 0 Å². The summed E-state index contributed by atoms with van der Waals surface area (Å²) < 4.78 is 128. The summed E-state index contributed by atoms with van der Waals surface area (Å²) in [5.74, 6) is 0. The van der Waals surface area contributed by atoms with Gasteiger partial charge in [0.05, 0.1) is 26.1 Å². The lowest BCUT2D eigenvalue weighted by molar-refractivity contribution is 0.461. The molecule has 4 aromatic rings. The predicted octanol–water partition coefficient (Wildman–Crippen LogP) is 1.75. The van der Waals surface area contributed by atoms with E-state index >= 15 is 0 Å². The molecule has 0 amide bonds. The van der Waals surface area contributed by atoms with Gasteiger partial charge in [-0.25, -0.2) is 16.8 Å². The molecule has 0 unspecified atom stereocenters. The molecule has 0 saturated carbocycles. The molecule has 0 aromatic heterocycles. The molecule has 18 heteroatoms. The van der Waals surface area contributed by atoms with Crippen LogP contribution in [-0.2, 0) is 39.9 Å². The van der Waals surface area contributed by atoms with E-state index in [1.54, 1.807) is 6.07 Å². The van der Waals surface area contributed by atoms with Crippen LogP contribution in [0, 0.1) is 0 Å². The second kappa shape index (κ2) is 11.2. The number of rotatable bonds is 8. The van der Waals surface area contributed by atoms with Crippen molar-refractivity contribution in [1.29, 1.82) is 0 Å². The molecule has 0 bridgehead atoms. The van der Waals surface area contributed by atoms with Crippen molar-refractivity contribution >= 4 is 62.7 Å². The van der Waals surface area contributed by atoms with E-state index in [1.165, 1.54) is 42.5 Å². The highest BCUT2D eigenvalue weighted by Gasteiger charge is 2.42. The average molecular weight is 681 g/mol. The summed E-state index contributed by atoms with van der Waals surface area (Å²) in [6.07, 6.45) is 0. The van der Waals surface area contributed by atoms with Crippen molar-refractivity contribution in [2.75, 3.05) is 11.5 Å². The van der Waals surface area contributed by atoms with Crippen LogP contribution in [0.25, 0.3) is 11.4 Å². The molecule has 0 aliphatic carbocycles. The number of hydrogen-bond donors (Lipinski definition) is 6. The molecule has 44 heavy (non-hydrogen) atoms. The minimum absolute atomic E-state index is 0.0937. The third-order valence-corrected chi connectivity index (χ3v) is 12.1. The van der Waals surface area contributed by atoms with E-state index in [0.717, 1.165) is 30.3 Å². The molecule has 4 aromatic carbocycles. The maximum atomic E-state index is 14.1. The van der Waals surface area contributed by atoms with Gasteiger partial charge in [-0.3, -0.25) is 9.11 Å². The van der Waals surface area contributed by atoms with Crippen LogP contribution in [0.3, 0.4) is 0 Å². The number of nitrogen functional groups attached to an aromatic ring is 2. The highest BCUT2D eigenvalue weighted by molar-refractivity contribution is 7.95. The number of sulfone groups is 2. The second-order valence-electron chi connectivity index (χ2n) is 9.20. The van der Waals surface area contributed by atoms with Crippen molar-refractivity contribution in [2.24, 2.45) is 11.5 Å². The minimum atomic E-state index is -6.03. The Kier molecular flexibility index (Phi) is 8.28. The summed E-state index contributed by atoms with van der Waals surface area (Å²) in [5, 5.41) is 0. The lowest BCUT2D eigenvalue weighted by Gasteiger charge is -2.21. The van der Waals surface area contributed by atoms with Crippen LogP contribution in [0.15, 0.2) is 114 Å². The Hall–Kier alpha value is -4.46. The molecular formula is C26H24N4O10S4. The Morgan fingerprint density at radius 2 is 1.00 bits per heavy atom. The molecule has 0 aliphatic heterocycles. The first-order valence-corrected chi connectivity index (χ1v) is 17.8. The summed E-state index contributed by atoms with van der Waals surface area (Å²) in [4.78, 5) is -8.23. The summed E-state index contributed by atoms with van der Waals surface area (Å²) in [6.45, 7) is 0. The van der Waals surface area contributed by atoms with Gasteiger partial charge < -0.3 is 22.9 Å². The first-order valence-electron chi connectivity index (χ1n) is 12.0. The van der Waals surface area contributed by atoms with Crippen molar-refractivity contribution in [2.45, 2.75) is 29.4 Å². The summed E-state index contributed by atoms with van der Waals surface area (Å²) >= 11 is 0. The Bertz CT molecular complexity index is 2290. The van der Waals surface area contributed by atoms with Gasteiger partial charge in [0.15, 0.2) is 0 Å². The van der Waals surface area contributed by atoms with Crippen molar-refractivity contribution in [3.05, 3.63) is 96.1 Å². The van der Waals surface area contributed by atoms with Crippen LogP contribution in [0.4, 0.5) is 11.4 Å². The molecule has 0 spiro atoms. The van der Waals surface area contributed by atoms with E-state index in [9.17, 15) is 42.8 Å². The number of nitrogens with two attached hydrogens (primary N) is 4. The van der Waals surface area contributed by atoms with Crippen molar-refractivity contribution in [3.63, 3.8) is 0 Å². The molecule has 232 valence electrons. The molecule has 0 atom stereocenters. The standard InChI is InChI=1S/C26H24N4O10S4/c27-16-8-4-10-18(12-16)41(31,32)21-14-20(23(30)22(29)15-6-2-1-3-7-15)24(43(35,36)37)26(44(38,39)40)25(21)42(33,34)19-11-5-9-17(28)13-19/h1-14H,27-30H2,(H,35,36,37)(H,38,39,40). The van der Waals surface area contributed by atoms with Crippen molar-refractivity contribution in [3.8, 4) is 0 Å². The summed E-state index contributed by atoms with van der Waals surface area (Å²) in [6, 6.07) is 16.5. The first kappa shape index (κ1) is 32.5. The van der Waals surface area contributed by atoms with Crippen LogP contribution in [0.2, 0.25) is 0 Å². The van der Waals surface area contributed by atoms with Gasteiger partial charge in [0.2, 0.25) is 19.7 Å². The molecule has 0 fully saturated rings. The van der Waals surface area contributed by atoms with Gasteiger partial charge in [-0.15, -0.1) is 0 Å². The van der Waals surface area contributed by atoms with E-state index in [2.05, 4.69) is 0 Å². The van der Waals surface area contributed by atoms with Gasteiger partial charge in [-0.1, -0.05) is 42.5 Å². The molecule has 14 nitrogen and oxygen atoms in total. The first-order chi connectivity index (χ1) is 20.3. The topological polar surface area (TPSA) is 281 Å². The lowest BCUT2D eigenvalue weighted by atomic mass is 10.1. The van der Waals surface area contributed by atoms with Gasteiger partial charge in [-0.05, 0) is 48.0 Å². The molecule has 0 radical (unpaired) electrons. The highest BCUT2D eigenvalue weighted by Crippen LogP contribution is 2.43. The van der Waals surface area contributed by atoms with Gasteiger partial charge in [0.25, 0.3) is 20.2 Å². The quantitative estimate of drug-likeness (QED) is 0.0878. The third-order valence-electron chi connectivity index (χ3n) is 6.23. The smallest absolute Gasteiger partial charge is 0.297 e. The van der Waals surface area contributed by atoms with Crippen LogP contribution in [-0.4, -0.2) is 42.8 Å². The molecule has 0 heterocycles. The number of hydrogen-bond acceptors (Lipinski definition) is 12. The second-order valence-corrected chi connectivity index (χ2v) is 15.7. The highest BCUT2D eigenvalue weighted by atomic mass is 32.2. The molecule has 10 N–H and O–H groups in total. The summed E-state index contributed by atoms with van der Waals surface area (Å²) in [5.41, 5.74) is 21.4.